The van der Waals surface area contributed by atoms with Gasteiger partial charge in [0, 0.05) is 6.07 Å². The number of anilines is 1. The number of hydrogen-bond donors (Lipinski definition) is 1. The molecule has 1 aromatic heterocycles. The average Bonchev–Trinajstić information content (AvgIpc) is 2.77. The first-order valence-electron chi connectivity index (χ1n) is 6.12. The van der Waals surface area contributed by atoms with Gasteiger partial charge in [-0.25, -0.2) is 0 Å². The van der Waals surface area contributed by atoms with E-state index in [1.165, 1.54) is 0 Å². The Morgan fingerprint density at radius 2 is 2.11 bits per heavy atom. The molecule has 1 aromatic carbocycles. The maximum Gasteiger partial charge on any atom is 0.231 e. The highest BCUT2D eigenvalue weighted by molar-refractivity contribution is 5.91. The van der Waals surface area contributed by atoms with Crippen LogP contribution in [0.3, 0.4) is 0 Å². The van der Waals surface area contributed by atoms with Crippen molar-refractivity contribution in [1.82, 2.24) is 5.16 Å². The van der Waals surface area contributed by atoms with Crippen LogP contribution in [-0.4, -0.2) is 17.7 Å². The summed E-state index contributed by atoms with van der Waals surface area (Å²) in [6.45, 7) is 4.36. The molecule has 1 heterocycles. The second kappa shape index (κ2) is 6.04. The minimum atomic E-state index is -0.139. The number of aryl methyl sites for hydroxylation is 1. The zero-order chi connectivity index (χ0) is 13.7. The number of rotatable bonds is 5. The molecule has 0 aliphatic rings. The van der Waals surface area contributed by atoms with E-state index in [9.17, 15) is 4.79 Å². The Morgan fingerprint density at radius 3 is 2.68 bits per heavy atom. The summed E-state index contributed by atoms with van der Waals surface area (Å²) in [4.78, 5) is 11.8. The van der Waals surface area contributed by atoms with Gasteiger partial charge in [-0.3, -0.25) is 10.1 Å². The number of carbonyl (C=O) groups excluding carboxylic acids is 1. The number of benzene rings is 1. The molecule has 0 atom stereocenters. The lowest BCUT2D eigenvalue weighted by molar-refractivity contribution is -0.115. The van der Waals surface area contributed by atoms with Crippen molar-refractivity contribution in [2.45, 2.75) is 20.3 Å². The monoisotopic (exact) mass is 260 g/mol. The fraction of sp³-hybridized carbons (Fsp3) is 0.286. The van der Waals surface area contributed by atoms with Gasteiger partial charge in [0.1, 0.15) is 5.75 Å². The summed E-state index contributed by atoms with van der Waals surface area (Å²) in [5.74, 6) is 1.03. The number of nitrogens with zero attached hydrogens (tertiary/aromatic N) is 1. The van der Waals surface area contributed by atoms with Crippen molar-refractivity contribution in [3.63, 3.8) is 0 Å². The van der Waals surface area contributed by atoms with Gasteiger partial charge in [0.25, 0.3) is 0 Å². The van der Waals surface area contributed by atoms with Gasteiger partial charge in [0.05, 0.1) is 18.7 Å². The second-order valence-electron chi connectivity index (χ2n) is 4.13. The lowest BCUT2D eigenvalue weighted by atomic mass is 10.1. The third-order valence-corrected chi connectivity index (χ3v) is 2.49. The van der Waals surface area contributed by atoms with Gasteiger partial charge in [-0.05, 0) is 31.5 Å². The summed E-state index contributed by atoms with van der Waals surface area (Å²) in [5.41, 5.74) is 1.65. The fourth-order valence-corrected chi connectivity index (χ4v) is 1.66. The molecule has 0 aliphatic heterocycles. The van der Waals surface area contributed by atoms with Crippen LogP contribution >= 0.6 is 0 Å². The maximum absolute atomic E-state index is 11.8. The molecular formula is C14H16N2O3. The predicted octanol–water partition coefficient (Wildman–Crippen LogP) is 2.56. The van der Waals surface area contributed by atoms with Gasteiger partial charge >= 0.3 is 0 Å². The standard InChI is InChI=1S/C14H16N2O3/c1-3-18-12-6-4-11(5-7-12)9-13(17)15-14-8-10(2)16-19-14/h4-8H,3,9H2,1-2H3,(H,15,17). The van der Waals surface area contributed by atoms with Gasteiger partial charge in [0.2, 0.25) is 11.8 Å². The highest BCUT2D eigenvalue weighted by Crippen LogP contribution is 2.13. The van der Waals surface area contributed by atoms with Crippen LogP contribution < -0.4 is 10.1 Å². The van der Waals surface area contributed by atoms with E-state index in [2.05, 4.69) is 10.5 Å². The Hall–Kier alpha value is -2.30. The first kappa shape index (κ1) is 13.1. The molecule has 0 radical (unpaired) electrons. The summed E-state index contributed by atoms with van der Waals surface area (Å²) >= 11 is 0. The van der Waals surface area contributed by atoms with Crippen LogP contribution in [0.25, 0.3) is 0 Å². The Labute approximate surface area is 111 Å². The van der Waals surface area contributed by atoms with Crippen molar-refractivity contribution in [1.29, 1.82) is 0 Å². The van der Waals surface area contributed by atoms with Crippen molar-refractivity contribution in [3.05, 3.63) is 41.6 Å². The number of carbonyl (C=O) groups is 1. The van der Waals surface area contributed by atoms with E-state index in [-0.39, 0.29) is 12.3 Å². The quantitative estimate of drug-likeness (QED) is 0.897. The number of amides is 1. The van der Waals surface area contributed by atoms with Gasteiger partial charge < -0.3 is 9.26 Å². The van der Waals surface area contributed by atoms with Crippen molar-refractivity contribution >= 4 is 11.8 Å². The molecule has 19 heavy (non-hydrogen) atoms. The van der Waals surface area contributed by atoms with E-state index in [1.807, 2.05) is 31.2 Å². The fourth-order valence-electron chi connectivity index (χ4n) is 1.66. The van der Waals surface area contributed by atoms with Crippen LogP contribution in [0.1, 0.15) is 18.2 Å². The van der Waals surface area contributed by atoms with Gasteiger partial charge in [-0.2, -0.15) is 0 Å². The topological polar surface area (TPSA) is 64.4 Å². The van der Waals surface area contributed by atoms with Crippen LogP contribution in [0.4, 0.5) is 5.88 Å². The SMILES string of the molecule is CCOc1ccc(CC(=O)Nc2cc(C)no2)cc1. The van der Waals surface area contributed by atoms with Crippen molar-refractivity contribution in [2.24, 2.45) is 0 Å². The molecule has 2 aromatic rings. The van der Waals surface area contributed by atoms with E-state index in [0.29, 0.717) is 12.5 Å². The zero-order valence-electron chi connectivity index (χ0n) is 11.0. The molecule has 0 aliphatic carbocycles. The molecule has 100 valence electrons. The molecule has 5 nitrogen and oxygen atoms in total. The number of ether oxygens (including phenoxy) is 1. The Kier molecular flexibility index (Phi) is 4.18. The number of aromatic nitrogens is 1. The summed E-state index contributed by atoms with van der Waals surface area (Å²) in [6, 6.07) is 9.12. The Morgan fingerprint density at radius 1 is 1.37 bits per heavy atom. The third-order valence-electron chi connectivity index (χ3n) is 2.49. The molecule has 2 rings (SSSR count). The van der Waals surface area contributed by atoms with E-state index in [1.54, 1.807) is 13.0 Å². The van der Waals surface area contributed by atoms with E-state index >= 15 is 0 Å². The van der Waals surface area contributed by atoms with Crippen LogP contribution in [0.2, 0.25) is 0 Å². The van der Waals surface area contributed by atoms with Crippen LogP contribution in [0.5, 0.6) is 5.75 Å². The minimum absolute atomic E-state index is 0.139. The maximum atomic E-state index is 11.8. The van der Waals surface area contributed by atoms with Crippen LogP contribution in [-0.2, 0) is 11.2 Å². The summed E-state index contributed by atoms with van der Waals surface area (Å²) in [7, 11) is 0. The molecule has 0 saturated heterocycles. The van der Waals surface area contributed by atoms with Gasteiger partial charge in [0.15, 0.2) is 0 Å². The van der Waals surface area contributed by atoms with Crippen LogP contribution in [0.15, 0.2) is 34.9 Å². The second-order valence-corrected chi connectivity index (χ2v) is 4.13. The van der Waals surface area contributed by atoms with Gasteiger partial charge in [-0.1, -0.05) is 17.3 Å². The minimum Gasteiger partial charge on any atom is -0.494 e. The first-order valence-corrected chi connectivity index (χ1v) is 6.12. The van der Waals surface area contributed by atoms with Crippen molar-refractivity contribution in [3.8, 4) is 5.75 Å². The lowest BCUT2D eigenvalue weighted by Gasteiger charge is -2.04. The van der Waals surface area contributed by atoms with E-state index in [4.69, 9.17) is 9.26 Å². The summed E-state index contributed by atoms with van der Waals surface area (Å²) in [6.07, 6.45) is 0.284. The number of hydrogen-bond acceptors (Lipinski definition) is 4. The summed E-state index contributed by atoms with van der Waals surface area (Å²) < 4.78 is 10.3. The lowest BCUT2D eigenvalue weighted by Crippen LogP contribution is -2.13. The molecule has 0 fully saturated rings. The average molecular weight is 260 g/mol. The molecule has 5 heteroatoms. The molecule has 1 amide bonds. The first-order chi connectivity index (χ1) is 9.17. The predicted molar refractivity (Wildman–Crippen MR) is 71.2 cm³/mol. The highest BCUT2D eigenvalue weighted by Gasteiger charge is 2.07. The normalized spacial score (nSPS) is 10.2. The Balaban J connectivity index is 1.91. The van der Waals surface area contributed by atoms with Gasteiger partial charge in [-0.15, -0.1) is 0 Å². The molecule has 1 N–H and O–H groups in total. The molecule has 0 spiro atoms. The molecular weight excluding hydrogens is 244 g/mol. The van der Waals surface area contributed by atoms with Crippen molar-refractivity contribution in [2.75, 3.05) is 11.9 Å². The van der Waals surface area contributed by atoms with Crippen molar-refractivity contribution < 1.29 is 14.1 Å². The molecule has 0 bridgehead atoms. The third kappa shape index (κ3) is 3.84. The highest BCUT2D eigenvalue weighted by atomic mass is 16.5. The Bertz CT molecular complexity index is 546. The summed E-state index contributed by atoms with van der Waals surface area (Å²) in [5, 5.41) is 6.35. The smallest absolute Gasteiger partial charge is 0.231 e. The van der Waals surface area contributed by atoms with E-state index < -0.39 is 0 Å². The zero-order valence-corrected chi connectivity index (χ0v) is 11.0. The number of nitrogens with one attached hydrogen (secondary N) is 1. The van der Waals surface area contributed by atoms with Crippen LogP contribution in [0, 0.1) is 6.92 Å². The largest absolute Gasteiger partial charge is 0.494 e. The van der Waals surface area contributed by atoms with E-state index in [0.717, 1.165) is 17.0 Å². The molecule has 0 unspecified atom stereocenters. The molecule has 0 saturated carbocycles.